The lowest BCUT2D eigenvalue weighted by Gasteiger charge is -2.27. The quantitative estimate of drug-likeness (QED) is 0.877. The van der Waals surface area contributed by atoms with E-state index in [1.807, 2.05) is 12.1 Å². The molecule has 0 saturated carbocycles. The van der Waals surface area contributed by atoms with Gasteiger partial charge < -0.3 is 10.1 Å². The molecule has 2 aromatic rings. The van der Waals surface area contributed by atoms with Crippen LogP contribution in [0.15, 0.2) is 46.9 Å². The van der Waals surface area contributed by atoms with Gasteiger partial charge in [-0.3, -0.25) is 0 Å². The van der Waals surface area contributed by atoms with E-state index in [4.69, 9.17) is 4.74 Å². The van der Waals surface area contributed by atoms with Crippen LogP contribution < -0.4 is 10.1 Å². The molecule has 0 radical (unpaired) electrons. The van der Waals surface area contributed by atoms with Gasteiger partial charge in [0.1, 0.15) is 11.6 Å². The zero-order chi connectivity index (χ0) is 13.2. The molecule has 1 aliphatic heterocycles. The van der Waals surface area contributed by atoms with E-state index in [2.05, 4.69) is 27.3 Å². The number of rotatable bonds is 2. The Bertz CT molecular complexity index is 585. The van der Waals surface area contributed by atoms with Crippen molar-refractivity contribution in [3.63, 3.8) is 0 Å². The Balaban J connectivity index is 1.87. The van der Waals surface area contributed by atoms with E-state index >= 15 is 0 Å². The predicted octanol–water partition coefficient (Wildman–Crippen LogP) is 4.52. The van der Waals surface area contributed by atoms with Gasteiger partial charge in [0.25, 0.3) is 0 Å². The molecule has 2 nitrogen and oxygen atoms in total. The minimum Gasteiger partial charge on any atom is -0.493 e. The molecule has 1 heterocycles. The highest BCUT2D eigenvalue weighted by Crippen LogP contribution is 2.36. The van der Waals surface area contributed by atoms with Gasteiger partial charge in [-0.15, -0.1) is 0 Å². The first-order chi connectivity index (χ1) is 9.22. The van der Waals surface area contributed by atoms with E-state index in [9.17, 15) is 4.39 Å². The number of benzene rings is 2. The molecule has 1 N–H and O–H groups in total. The normalized spacial score (nSPS) is 17.5. The molecule has 19 heavy (non-hydrogen) atoms. The molecule has 0 fully saturated rings. The van der Waals surface area contributed by atoms with Crippen LogP contribution in [0.1, 0.15) is 18.0 Å². The molecular weight excluding hydrogens is 309 g/mol. The molecule has 1 unspecified atom stereocenters. The number of anilines is 1. The summed E-state index contributed by atoms with van der Waals surface area (Å²) in [5.74, 6) is 0.690. The molecule has 1 atom stereocenters. The number of fused-ring (bicyclic) bond motifs is 1. The third-order valence-electron chi connectivity index (χ3n) is 3.20. The lowest BCUT2D eigenvalue weighted by Crippen LogP contribution is -2.20. The van der Waals surface area contributed by atoms with Crippen LogP contribution in [0.4, 0.5) is 10.1 Å². The lowest BCUT2D eigenvalue weighted by atomic mass is 10.0. The van der Waals surface area contributed by atoms with Crippen LogP contribution in [0.25, 0.3) is 0 Å². The van der Waals surface area contributed by atoms with E-state index in [0.717, 1.165) is 27.9 Å². The summed E-state index contributed by atoms with van der Waals surface area (Å²) in [5.41, 5.74) is 2.05. The van der Waals surface area contributed by atoms with Gasteiger partial charge in [0.05, 0.1) is 12.6 Å². The zero-order valence-corrected chi connectivity index (χ0v) is 11.8. The van der Waals surface area contributed by atoms with Crippen molar-refractivity contribution in [3.8, 4) is 5.75 Å². The average Bonchev–Trinajstić information content (AvgIpc) is 2.42. The van der Waals surface area contributed by atoms with Crippen molar-refractivity contribution in [2.24, 2.45) is 0 Å². The van der Waals surface area contributed by atoms with Crippen molar-refractivity contribution in [2.45, 2.75) is 12.5 Å². The van der Waals surface area contributed by atoms with E-state index in [-0.39, 0.29) is 11.9 Å². The Hall–Kier alpha value is -1.55. The molecule has 0 spiro atoms. The Kier molecular flexibility index (Phi) is 3.42. The third-order valence-corrected chi connectivity index (χ3v) is 3.69. The summed E-state index contributed by atoms with van der Waals surface area (Å²) < 4.78 is 19.6. The maximum absolute atomic E-state index is 12.9. The number of ether oxygens (including phenoxy) is 1. The van der Waals surface area contributed by atoms with Crippen molar-refractivity contribution in [2.75, 3.05) is 11.9 Å². The van der Waals surface area contributed by atoms with E-state index in [1.165, 1.54) is 12.1 Å². The molecular formula is C15H13BrFNO. The largest absolute Gasteiger partial charge is 0.493 e. The first kappa shape index (κ1) is 12.5. The molecule has 0 bridgehead atoms. The Morgan fingerprint density at radius 2 is 1.95 bits per heavy atom. The van der Waals surface area contributed by atoms with Crippen LogP contribution in [-0.2, 0) is 0 Å². The Morgan fingerprint density at radius 3 is 2.74 bits per heavy atom. The van der Waals surface area contributed by atoms with E-state index in [0.29, 0.717) is 6.61 Å². The zero-order valence-electron chi connectivity index (χ0n) is 10.2. The molecule has 98 valence electrons. The van der Waals surface area contributed by atoms with Gasteiger partial charge in [-0.25, -0.2) is 4.39 Å². The third kappa shape index (κ3) is 2.73. The van der Waals surface area contributed by atoms with Gasteiger partial charge in [0.15, 0.2) is 0 Å². The Morgan fingerprint density at radius 1 is 1.16 bits per heavy atom. The standard InChI is InChI=1S/C15H13BrFNO/c16-10-1-6-15-13(9-10)14(7-8-19-15)18-12-4-2-11(17)3-5-12/h1-6,9,14,18H,7-8H2. The van der Waals surface area contributed by atoms with Crippen molar-refractivity contribution in [1.82, 2.24) is 0 Å². The summed E-state index contributed by atoms with van der Waals surface area (Å²) in [7, 11) is 0. The summed E-state index contributed by atoms with van der Waals surface area (Å²) in [5, 5.41) is 3.42. The van der Waals surface area contributed by atoms with Gasteiger partial charge in [0.2, 0.25) is 0 Å². The van der Waals surface area contributed by atoms with Crippen molar-refractivity contribution in [3.05, 3.63) is 58.3 Å². The predicted molar refractivity (Wildman–Crippen MR) is 77.0 cm³/mol. The van der Waals surface area contributed by atoms with Crippen LogP contribution in [0, 0.1) is 5.82 Å². The second-order valence-corrected chi connectivity index (χ2v) is 5.44. The fourth-order valence-corrected chi connectivity index (χ4v) is 2.64. The maximum Gasteiger partial charge on any atom is 0.124 e. The molecule has 0 aromatic heterocycles. The number of hydrogen-bond donors (Lipinski definition) is 1. The molecule has 2 aromatic carbocycles. The molecule has 0 amide bonds. The molecule has 0 saturated heterocycles. The fourth-order valence-electron chi connectivity index (χ4n) is 2.26. The van der Waals surface area contributed by atoms with Gasteiger partial charge in [-0.1, -0.05) is 15.9 Å². The van der Waals surface area contributed by atoms with Gasteiger partial charge in [-0.2, -0.15) is 0 Å². The summed E-state index contributed by atoms with van der Waals surface area (Å²) in [4.78, 5) is 0. The van der Waals surface area contributed by atoms with Crippen LogP contribution in [0.3, 0.4) is 0 Å². The summed E-state index contributed by atoms with van der Waals surface area (Å²) >= 11 is 3.48. The van der Waals surface area contributed by atoms with Gasteiger partial charge in [-0.05, 0) is 42.5 Å². The first-order valence-electron chi connectivity index (χ1n) is 6.17. The summed E-state index contributed by atoms with van der Waals surface area (Å²) in [6.45, 7) is 0.688. The van der Waals surface area contributed by atoms with Crippen LogP contribution in [-0.4, -0.2) is 6.61 Å². The molecule has 1 aliphatic rings. The monoisotopic (exact) mass is 321 g/mol. The van der Waals surface area contributed by atoms with Crippen molar-refractivity contribution < 1.29 is 9.13 Å². The van der Waals surface area contributed by atoms with Crippen molar-refractivity contribution >= 4 is 21.6 Å². The SMILES string of the molecule is Fc1ccc(NC2CCOc3ccc(Br)cc32)cc1. The Labute approximate surface area is 119 Å². The second kappa shape index (κ2) is 5.21. The highest BCUT2D eigenvalue weighted by molar-refractivity contribution is 9.10. The summed E-state index contributed by atoms with van der Waals surface area (Å²) in [6.07, 6.45) is 0.890. The topological polar surface area (TPSA) is 21.3 Å². The lowest BCUT2D eigenvalue weighted by molar-refractivity contribution is 0.274. The van der Waals surface area contributed by atoms with Crippen LogP contribution >= 0.6 is 15.9 Å². The van der Waals surface area contributed by atoms with Gasteiger partial charge >= 0.3 is 0 Å². The van der Waals surface area contributed by atoms with E-state index in [1.54, 1.807) is 12.1 Å². The minimum atomic E-state index is -0.222. The average molecular weight is 322 g/mol. The summed E-state index contributed by atoms with van der Waals surface area (Å²) in [6, 6.07) is 12.6. The fraction of sp³-hybridized carbons (Fsp3) is 0.200. The minimum absolute atomic E-state index is 0.187. The maximum atomic E-state index is 12.9. The first-order valence-corrected chi connectivity index (χ1v) is 6.96. The molecule has 3 rings (SSSR count). The van der Waals surface area contributed by atoms with E-state index < -0.39 is 0 Å². The molecule has 0 aliphatic carbocycles. The van der Waals surface area contributed by atoms with Crippen LogP contribution in [0.5, 0.6) is 5.75 Å². The number of hydrogen-bond acceptors (Lipinski definition) is 2. The smallest absolute Gasteiger partial charge is 0.124 e. The molecule has 4 heteroatoms. The highest BCUT2D eigenvalue weighted by Gasteiger charge is 2.21. The van der Waals surface area contributed by atoms with Gasteiger partial charge in [0, 0.05) is 22.1 Å². The van der Waals surface area contributed by atoms with Crippen molar-refractivity contribution in [1.29, 1.82) is 0 Å². The highest BCUT2D eigenvalue weighted by atomic mass is 79.9. The number of halogens is 2. The van der Waals surface area contributed by atoms with Crippen LogP contribution in [0.2, 0.25) is 0 Å². The second-order valence-electron chi connectivity index (χ2n) is 4.52. The number of nitrogens with one attached hydrogen (secondary N) is 1.